The summed E-state index contributed by atoms with van der Waals surface area (Å²) in [4.78, 5) is 19.5. The highest BCUT2D eigenvalue weighted by molar-refractivity contribution is 6.30. The maximum Gasteiger partial charge on any atom is 0.414 e. The van der Waals surface area contributed by atoms with E-state index in [4.69, 9.17) is 21.3 Å². The molecule has 1 fully saturated rings. The third-order valence-electron chi connectivity index (χ3n) is 6.76. The summed E-state index contributed by atoms with van der Waals surface area (Å²) in [6.07, 6.45) is 6.04. The Morgan fingerprint density at radius 3 is 2.91 bits per heavy atom. The molecule has 1 N–H and O–H groups in total. The van der Waals surface area contributed by atoms with E-state index in [0.717, 1.165) is 60.5 Å². The molecule has 3 aromatic rings. The van der Waals surface area contributed by atoms with Crippen LogP contribution in [-0.4, -0.2) is 51.7 Å². The van der Waals surface area contributed by atoms with Gasteiger partial charge in [0.15, 0.2) is 0 Å². The Morgan fingerprint density at radius 2 is 2.22 bits per heavy atom. The van der Waals surface area contributed by atoms with Gasteiger partial charge >= 0.3 is 6.09 Å². The summed E-state index contributed by atoms with van der Waals surface area (Å²) < 4.78 is 9.36. The smallest absolute Gasteiger partial charge is 0.414 e. The maximum atomic E-state index is 12.5. The van der Waals surface area contributed by atoms with E-state index in [2.05, 4.69) is 41.0 Å². The van der Waals surface area contributed by atoms with Gasteiger partial charge in [-0.25, -0.2) is 9.78 Å². The summed E-state index contributed by atoms with van der Waals surface area (Å²) >= 11 is 6.08. The zero-order valence-corrected chi connectivity index (χ0v) is 19.5. The van der Waals surface area contributed by atoms with Crippen molar-refractivity contribution >= 4 is 34.4 Å². The van der Waals surface area contributed by atoms with Crippen molar-refractivity contribution in [2.75, 3.05) is 25.1 Å². The molecule has 0 radical (unpaired) electrons. The van der Waals surface area contributed by atoms with Gasteiger partial charge in [-0.3, -0.25) is 9.58 Å². The molecule has 0 spiro atoms. The number of ether oxygens (including phenoxy) is 1. The van der Waals surface area contributed by atoms with Gasteiger partial charge in [0.05, 0.1) is 41.6 Å². The van der Waals surface area contributed by atoms with Crippen molar-refractivity contribution in [2.45, 2.75) is 57.7 Å². The molecule has 3 atom stereocenters. The van der Waals surface area contributed by atoms with Gasteiger partial charge in [-0.05, 0) is 44.9 Å². The molecule has 1 aromatic carbocycles. The number of carbonyl (C=O) groups is 1. The molecular formula is C23H29ClN6O2. The number of fused-ring (bicyclic) bond motifs is 3. The molecule has 2 aromatic heterocycles. The van der Waals surface area contributed by atoms with E-state index in [0.29, 0.717) is 17.6 Å². The minimum Gasteiger partial charge on any atom is -0.452 e. The Bertz CT molecular complexity index is 1150. The van der Waals surface area contributed by atoms with Crippen LogP contribution in [0.4, 0.5) is 10.5 Å². The fraction of sp³-hybridized carbons (Fsp3) is 0.522. The highest BCUT2D eigenvalue weighted by atomic mass is 35.5. The van der Waals surface area contributed by atoms with Crippen molar-refractivity contribution in [1.82, 2.24) is 24.6 Å². The highest BCUT2D eigenvalue weighted by Gasteiger charge is 2.33. The fourth-order valence-corrected chi connectivity index (χ4v) is 5.34. The van der Waals surface area contributed by atoms with Crippen LogP contribution in [0.3, 0.4) is 0 Å². The predicted octanol–water partition coefficient (Wildman–Crippen LogP) is 4.13. The van der Waals surface area contributed by atoms with Crippen LogP contribution in [-0.2, 0) is 17.7 Å². The summed E-state index contributed by atoms with van der Waals surface area (Å²) in [7, 11) is 1.44. The van der Waals surface area contributed by atoms with Gasteiger partial charge in [-0.1, -0.05) is 18.5 Å². The molecule has 170 valence electrons. The van der Waals surface area contributed by atoms with Crippen LogP contribution in [0.25, 0.3) is 11.0 Å². The summed E-state index contributed by atoms with van der Waals surface area (Å²) in [5.74, 6) is 1.20. The number of rotatable bonds is 4. The number of nitrogens with one attached hydrogen (secondary N) is 1. The van der Waals surface area contributed by atoms with E-state index in [1.165, 1.54) is 7.11 Å². The predicted molar refractivity (Wildman–Crippen MR) is 125 cm³/mol. The highest BCUT2D eigenvalue weighted by Crippen LogP contribution is 2.39. The second kappa shape index (κ2) is 8.41. The van der Waals surface area contributed by atoms with Gasteiger partial charge < -0.3 is 14.6 Å². The van der Waals surface area contributed by atoms with Crippen molar-refractivity contribution in [3.8, 4) is 0 Å². The van der Waals surface area contributed by atoms with Crippen LogP contribution in [0.15, 0.2) is 24.5 Å². The standard InChI is InChI=1S/C23H29ClN6O2/c1-14(12-28-13-16(24)10-26-28)22-27-21-18-5-4-15(2)29(23(31)32-3)19(18)6-7-20(21)30(22)17-8-9-25-11-17/h6-7,10,13-15,17,25H,4-5,8-9,11-12H2,1-3H3/t14-,15+,17+/m1/s1. The first-order valence-electron chi connectivity index (χ1n) is 11.3. The van der Waals surface area contributed by atoms with Crippen LogP contribution in [0.2, 0.25) is 5.02 Å². The van der Waals surface area contributed by atoms with E-state index in [1.54, 1.807) is 11.1 Å². The second-order valence-electron chi connectivity index (χ2n) is 8.93. The number of benzene rings is 1. The first-order chi connectivity index (χ1) is 15.5. The molecule has 0 bridgehead atoms. The lowest BCUT2D eigenvalue weighted by molar-refractivity contribution is 0.175. The van der Waals surface area contributed by atoms with E-state index in [9.17, 15) is 4.79 Å². The first-order valence-corrected chi connectivity index (χ1v) is 11.6. The molecule has 9 heteroatoms. The molecule has 4 heterocycles. The van der Waals surface area contributed by atoms with Crippen LogP contribution in [0.5, 0.6) is 0 Å². The number of anilines is 1. The third kappa shape index (κ3) is 3.55. The summed E-state index contributed by atoms with van der Waals surface area (Å²) in [5, 5.41) is 8.48. The molecule has 8 nitrogen and oxygen atoms in total. The molecule has 0 aliphatic carbocycles. The molecule has 1 saturated heterocycles. The van der Waals surface area contributed by atoms with Crippen molar-refractivity contribution < 1.29 is 9.53 Å². The number of aromatic nitrogens is 4. The second-order valence-corrected chi connectivity index (χ2v) is 9.36. The fourth-order valence-electron chi connectivity index (χ4n) is 5.18. The molecule has 0 saturated carbocycles. The number of amides is 1. The number of halogens is 1. The summed E-state index contributed by atoms with van der Waals surface area (Å²) in [6.45, 7) is 6.89. The molecule has 1 amide bonds. The molecule has 2 aliphatic rings. The lowest BCUT2D eigenvalue weighted by atomic mass is 9.95. The van der Waals surface area contributed by atoms with Gasteiger partial charge in [0.25, 0.3) is 0 Å². The maximum absolute atomic E-state index is 12.5. The Balaban J connectivity index is 1.63. The number of imidazole rings is 1. The summed E-state index contributed by atoms with van der Waals surface area (Å²) in [6, 6.07) is 4.63. The Labute approximate surface area is 192 Å². The van der Waals surface area contributed by atoms with E-state index < -0.39 is 0 Å². The number of carbonyl (C=O) groups excluding carboxylic acids is 1. The molecular weight excluding hydrogens is 428 g/mol. The lowest BCUT2D eigenvalue weighted by Gasteiger charge is -2.34. The molecule has 2 aliphatic heterocycles. The van der Waals surface area contributed by atoms with E-state index in [1.807, 2.05) is 10.9 Å². The van der Waals surface area contributed by atoms with Crippen LogP contribution in [0, 0.1) is 0 Å². The van der Waals surface area contributed by atoms with Gasteiger partial charge in [0.1, 0.15) is 5.82 Å². The first kappa shape index (κ1) is 21.3. The zero-order chi connectivity index (χ0) is 22.4. The van der Waals surface area contributed by atoms with E-state index >= 15 is 0 Å². The molecule has 32 heavy (non-hydrogen) atoms. The Kier molecular flexibility index (Phi) is 5.59. The van der Waals surface area contributed by atoms with E-state index in [-0.39, 0.29) is 18.1 Å². The van der Waals surface area contributed by atoms with Gasteiger partial charge in [0, 0.05) is 36.3 Å². The quantitative estimate of drug-likeness (QED) is 0.638. The van der Waals surface area contributed by atoms with Gasteiger partial charge in [0.2, 0.25) is 0 Å². The van der Waals surface area contributed by atoms with Crippen LogP contribution in [0.1, 0.15) is 50.0 Å². The van der Waals surface area contributed by atoms with Crippen molar-refractivity contribution in [1.29, 1.82) is 0 Å². The average molecular weight is 457 g/mol. The minimum absolute atomic E-state index is 0.0940. The Hall–Kier alpha value is -2.58. The number of aryl methyl sites for hydroxylation is 1. The van der Waals surface area contributed by atoms with Crippen LogP contribution >= 0.6 is 11.6 Å². The number of nitrogens with zero attached hydrogens (tertiary/aromatic N) is 5. The zero-order valence-electron chi connectivity index (χ0n) is 18.7. The topological polar surface area (TPSA) is 77.2 Å². The van der Waals surface area contributed by atoms with Crippen molar-refractivity contribution in [2.24, 2.45) is 0 Å². The SMILES string of the molecule is COC(=O)N1c2ccc3c(nc([C@H](C)Cn4cc(Cl)cn4)n3[C@H]3CCNC3)c2CC[C@@H]1C. The lowest BCUT2D eigenvalue weighted by Crippen LogP contribution is -2.42. The largest absolute Gasteiger partial charge is 0.452 e. The third-order valence-corrected chi connectivity index (χ3v) is 6.95. The molecule has 0 unspecified atom stereocenters. The monoisotopic (exact) mass is 456 g/mol. The van der Waals surface area contributed by atoms with Crippen molar-refractivity contribution in [3.05, 3.63) is 40.9 Å². The van der Waals surface area contributed by atoms with Gasteiger partial charge in [-0.2, -0.15) is 5.10 Å². The summed E-state index contributed by atoms with van der Waals surface area (Å²) in [5.41, 5.74) is 4.18. The minimum atomic E-state index is -0.318. The average Bonchev–Trinajstić information content (AvgIpc) is 3.52. The van der Waals surface area contributed by atoms with Gasteiger partial charge in [-0.15, -0.1) is 0 Å². The number of hydrogen-bond donors (Lipinski definition) is 1. The number of hydrogen-bond acceptors (Lipinski definition) is 5. The Morgan fingerprint density at radius 1 is 1.38 bits per heavy atom. The van der Waals surface area contributed by atoms with Crippen molar-refractivity contribution in [3.63, 3.8) is 0 Å². The normalized spacial score (nSPS) is 21.7. The van der Waals surface area contributed by atoms with Crippen LogP contribution < -0.4 is 10.2 Å². The number of methoxy groups -OCH3 is 1. The molecule has 5 rings (SSSR count).